The van der Waals surface area contributed by atoms with Crippen molar-refractivity contribution in [1.82, 2.24) is 4.90 Å². The first-order valence-corrected chi connectivity index (χ1v) is 10.7. The van der Waals surface area contributed by atoms with Gasteiger partial charge in [-0.3, -0.25) is 0 Å². The van der Waals surface area contributed by atoms with Gasteiger partial charge in [-0.2, -0.15) is 0 Å². The molecule has 0 radical (unpaired) electrons. The predicted molar refractivity (Wildman–Crippen MR) is 116 cm³/mol. The summed E-state index contributed by atoms with van der Waals surface area (Å²) in [4.78, 5) is 26.9. The van der Waals surface area contributed by atoms with E-state index in [1.807, 2.05) is 42.5 Å². The van der Waals surface area contributed by atoms with Crippen LogP contribution in [0.2, 0.25) is 0 Å². The van der Waals surface area contributed by atoms with Crippen molar-refractivity contribution < 1.29 is 24.2 Å². The minimum Gasteiger partial charge on any atom is -0.465 e. The molecule has 2 aromatic carbocycles. The number of aliphatic hydroxyl groups excluding tert-OH is 1. The summed E-state index contributed by atoms with van der Waals surface area (Å²) in [7, 11) is 1.36. The van der Waals surface area contributed by atoms with Crippen LogP contribution in [0.3, 0.4) is 0 Å². The van der Waals surface area contributed by atoms with Crippen LogP contribution >= 0.6 is 0 Å². The van der Waals surface area contributed by atoms with Crippen molar-refractivity contribution in [3.63, 3.8) is 0 Å². The summed E-state index contributed by atoms with van der Waals surface area (Å²) in [5.74, 6) is -0.228. The zero-order valence-electron chi connectivity index (χ0n) is 17.6. The fraction of sp³-hybridized carbons (Fsp3) is 0.417. The minimum absolute atomic E-state index is 0.131. The highest BCUT2D eigenvalue weighted by Gasteiger charge is 2.46. The Morgan fingerprint density at radius 1 is 1.19 bits per heavy atom. The summed E-state index contributed by atoms with van der Waals surface area (Å²) < 4.78 is 10.5. The molecule has 2 aromatic rings. The zero-order valence-corrected chi connectivity index (χ0v) is 17.6. The third-order valence-corrected chi connectivity index (χ3v) is 6.21. The predicted octanol–water partition coefficient (Wildman–Crippen LogP) is 3.74. The van der Waals surface area contributed by atoms with E-state index in [0.29, 0.717) is 18.5 Å². The number of fused-ring (bicyclic) bond motifs is 3. The number of carbonyl (C=O) groups excluding carboxylic acids is 2. The second-order valence-electron chi connectivity index (χ2n) is 8.04. The van der Waals surface area contributed by atoms with Gasteiger partial charge < -0.3 is 24.8 Å². The Morgan fingerprint density at radius 3 is 2.74 bits per heavy atom. The number of hydrogen-bond donors (Lipinski definition) is 2. The Hall–Kier alpha value is -3.06. The lowest BCUT2D eigenvalue weighted by Gasteiger charge is -2.39. The standard InChI is InChI=1S/C24H28N2O5/c1-30-23(28)17-9-10-21-19(14-17)22-18(20(25-21)8-5-13-27)11-12-26(22)24(29)31-15-16-6-3-2-4-7-16/h2-4,6-7,9-10,14,18,20,22,25,27H,5,8,11-13,15H2,1H3/t18-,20-,22-/m0/s1. The molecule has 0 bridgehead atoms. The average Bonchev–Trinajstić information content (AvgIpc) is 3.26. The SMILES string of the molecule is COC(=O)c1ccc2c(c1)[C@@H]1[C@@H](CCN1C(=O)OCc1ccccc1)[C@H](CCCO)N2. The zero-order chi connectivity index (χ0) is 21.8. The van der Waals surface area contributed by atoms with Gasteiger partial charge in [-0.1, -0.05) is 30.3 Å². The first-order chi connectivity index (χ1) is 15.1. The lowest BCUT2D eigenvalue weighted by Crippen LogP contribution is -2.41. The van der Waals surface area contributed by atoms with Gasteiger partial charge in [-0.15, -0.1) is 0 Å². The van der Waals surface area contributed by atoms with E-state index in [4.69, 9.17) is 9.47 Å². The van der Waals surface area contributed by atoms with Gasteiger partial charge in [0.1, 0.15) is 6.61 Å². The number of rotatable bonds is 6. The van der Waals surface area contributed by atoms with Crippen LogP contribution < -0.4 is 5.32 Å². The lowest BCUT2D eigenvalue weighted by atomic mass is 9.80. The molecule has 1 fully saturated rings. The summed E-state index contributed by atoms with van der Waals surface area (Å²) in [5.41, 5.74) is 3.20. The number of amides is 1. The van der Waals surface area contributed by atoms with E-state index in [9.17, 15) is 14.7 Å². The molecular weight excluding hydrogens is 396 g/mol. The maximum atomic E-state index is 13.0. The quantitative estimate of drug-likeness (QED) is 0.687. The number of nitrogens with one attached hydrogen (secondary N) is 1. The number of hydrogen-bond acceptors (Lipinski definition) is 6. The summed E-state index contributed by atoms with van der Waals surface area (Å²) in [5, 5.41) is 12.9. The summed E-state index contributed by atoms with van der Waals surface area (Å²) in [6.07, 6.45) is 1.97. The monoisotopic (exact) mass is 424 g/mol. The van der Waals surface area contributed by atoms with Crippen LogP contribution in [0.5, 0.6) is 0 Å². The molecule has 7 nitrogen and oxygen atoms in total. The average molecular weight is 424 g/mol. The minimum atomic E-state index is -0.405. The number of benzene rings is 2. The van der Waals surface area contributed by atoms with Gasteiger partial charge in [0.15, 0.2) is 0 Å². The van der Waals surface area contributed by atoms with Crippen molar-refractivity contribution in [2.75, 3.05) is 25.6 Å². The molecule has 1 saturated heterocycles. The van der Waals surface area contributed by atoms with Gasteiger partial charge in [0.2, 0.25) is 0 Å². The van der Waals surface area contributed by atoms with E-state index in [-0.39, 0.29) is 37.3 Å². The van der Waals surface area contributed by atoms with E-state index >= 15 is 0 Å². The fourth-order valence-electron chi connectivity index (χ4n) is 4.73. The Kier molecular flexibility index (Phi) is 6.42. The van der Waals surface area contributed by atoms with Crippen LogP contribution in [0.1, 0.15) is 46.8 Å². The second kappa shape index (κ2) is 9.39. The van der Waals surface area contributed by atoms with E-state index in [1.165, 1.54) is 7.11 Å². The number of carbonyl (C=O) groups is 2. The Balaban J connectivity index is 1.60. The Labute approximate surface area is 182 Å². The Morgan fingerprint density at radius 2 is 2.00 bits per heavy atom. The maximum Gasteiger partial charge on any atom is 0.410 e. The maximum absolute atomic E-state index is 13.0. The molecule has 1 amide bonds. The third-order valence-electron chi connectivity index (χ3n) is 6.21. The highest BCUT2D eigenvalue weighted by Crippen LogP contribution is 2.47. The molecule has 0 aliphatic carbocycles. The molecule has 0 saturated carbocycles. The third kappa shape index (κ3) is 4.37. The molecule has 2 heterocycles. The van der Waals surface area contributed by atoms with Crippen molar-refractivity contribution >= 4 is 17.7 Å². The van der Waals surface area contributed by atoms with Crippen molar-refractivity contribution in [3.8, 4) is 0 Å². The van der Waals surface area contributed by atoms with Crippen LogP contribution in [0.15, 0.2) is 48.5 Å². The van der Waals surface area contributed by atoms with Crippen LogP contribution in [-0.4, -0.2) is 48.4 Å². The van der Waals surface area contributed by atoms with Gasteiger partial charge >= 0.3 is 12.1 Å². The fourth-order valence-corrected chi connectivity index (χ4v) is 4.73. The number of ether oxygens (including phenoxy) is 2. The van der Waals surface area contributed by atoms with Gasteiger partial charge in [0.25, 0.3) is 0 Å². The van der Waals surface area contributed by atoms with Crippen LogP contribution in [0.25, 0.3) is 0 Å². The normalized spacial score (nSPS) is 21.6. The van der Waals surface area contributed by atoms with Crippen molar-refractivity contribution in [2.45, 2.75) is 38.0 Å². The van der Waals surface area contributed by atoms with Crippen LogP contribution in [0.4, 0.5) is 10.5 Å². The number of anilines is 1. The summed E-state index contributed by atoms with van der Waals surface area (Å²) in [6.45, 7) is 0.934. The number of nitrogens with zero attached hydrogens (tertiary/aromatic N) is 1. The highest BCUT2D eigenvalue weighted by molar-refractivity contribution is 5.90. The first-order valence-electron chi connectivity index (χ1n) is 10.7. The molecule has 0 aromatic heterocycles. The topological polar surface area (TPSA) is 88.1 Å². The first kappa shape index (κ1) is 21.2. The van der Waals surface area contributed by atoms with Crippen molar-refractivity contribution in [1.29, 1.82) is 0 Å². The van der Waals surface area contributed by atoms with Crippen molar-refractivity contribution in [3.05, 3.63) is 65.2 Å². The molecule has 2 N–H and O–H groups in total. The molecule has 31 heavy (non-hydrogen) atoms. The molecule has 2 aliphatic rings. The van der Waals surface area contributed by atoms with Gasteiger partial charge in [0, 0.05) is 30.8 Å². The molecular formula is C24H28N2O5. The van der Waals surface area contributed by atoms with Crippen LogP contribution in [-0.2, 0) is 16.1 Å². The second-order valence-corrected chi connectivity index (χ2v) is 8.04. The number of aliphatic hydroxyl groups is 1. The summed E-state index contributed by atoms with van der Waals surface area (Å²) in [6, 6.07) is 15.0. The molecule has 0 spiro atoms. The smallest absolute Gasteiger partial charge is 0.410 e. The molecule has 3 atom stereocenters. The molecule has 4 rings (SSSR count). The Bertz CT molecular complexity index is 933. The van der Waals surface area contributed by atoms with E-state index < -0.39 is 5.97 Å². The number of esters is 1. The molecule has 0 unspecified atom stereocenters. The van der Waals surface area contributed by atoms with Crippen LogP contribution in [0, 0.1) is 5.92 Å². The molecule has 164 valence electrons. The van der Waals surface area contributed by atoms with E-state index in [1.54, 1.807) is 11.0 Å². The molecule has 7 heteroatoms. The largest absolute Gasteiger partial charge is 0.465 e. The number of methoxy groups -OCH3 is 1. The van der Waals surface area contributed by atoms with Gasteiger partial charge in [-0.05, 0) is 48.6 Å². The van der Waals surface area contributed by atoms with Crippen molar-refractivity contribution in [2.24, 2.45) is 5.92 Å². The van der Waals surface area contributed by atoms with Gasteiger partial charge in [0.05, 0.1) is 18.7 Å². The van der Waals surface area contributed by atoms with E-state index in [2.05, 4.69) is 5.32 Å². The molecule has 2 aliphatic heterocycles. The van der Waals surface area contributed by atoms with E-state index in [0.717, 1.165) is 29.7 Å². The number of likely N-dealkylation sites (tertiary alicyclic amines) is 1. The van der Waals surface area contributed by atoms with Gasteiger partial charge in [-0.25, -0.2) is 9.59 Å². The summed E-state index contributed by atoms with van der Waals surface area (Å²) >= 11 is 0. The lowest BCUT2D eigenvalue weighted by molar-refractivity contribution is 0.0600. The highest BCUT2D eigenvalue weighted by atomic mass is 16.6.